The molecular weight excluding hydrogens is 457 g/mol. The van der Waals surface area contributed by atoms with Crippen molar-refractivity contribution < 1.29 is 26.3 Å². The number of alkyl halides is 3. The minimum Gasteiger partial charge on any atom is -0.404 e. The number of nitrogens with two attached hydrogens (primary N) is 1. The molecule has 31 heavy (non-hydrogen) atoms. The first-order chi connectivity index (χ1) is 14.5. The van der Waals surface area contributed by atoms with E-state index in [0.29, 0.717) is 17.1 Å². The van der Waals surface area contributed by atoms with Crippen molar-refractivity contribution in [2.75, 3.05) is 38.5 Å². The highest BCUT2D eigenvalue weighted by molar-refractivity contribution is 7.89. The fourth-order valence-electron chi connectivity index (χ4n) is 3.22. The number of rotatable bonds is 7. The first-order valence-electron chi connectivity index (χ1n) is 9.40. The van der Waals surface area contributed by atoms with E-state index in [1.54, 1.807) is 24.3 Å². The average Bonchev–Trinajstić information content (AvgIpc) is 2.69. The Bertz CT molecular complexity index is 997. The second kappa shape index (κ2) is 9.61. The van der Waals surface area contributed by atoms with Gasteiger partial charge in [-0.15, -0.1) is 13.2 Å². The molecule has 3 rings (SSSR count). The van der Waals surface area contributed by atoms with Gasteiger partial charge in [-0.3, -0.25) is 4.90 Å². The van der Waals surface area contributed by atoms with E-state index in [9.17, 15) is 21.6 Å². The minimum atomic E-state index is -4.93. The van der Waals surface area contributed by atoms with E-state index in [1.165, 1.54) is 0 Å². The number of nitrogens with one attached hydrogen (secondary N) is 2. The van der Waals surface area contributed by atoms with Crippen molar-refractivity contribution in [1.29, 1.82) is 0 Å². The standard InChI is InChI=1S/C19H22ClF3N4O3S/c20-14-3-1-13(2-4-14)17(12-27-9-7-25-8-10-27)26-31(28,29)15-5-6-18(16(24)11-15)30-19(21,22)23/h1-6,11,17,25-26H,7-10,12,24H2/t17-/m1/s1. The number of hydrogen-bond acceptors (Lipinski definition) is 6. The van der Waals surface area contributed by atoms with Gasteiger partial charge in [0.25, 0.3) is 0 Å². The monoisotopic (exact) mass is 478 g/mol. The molecule has 0 aliphatic carbocycles. The van der Waals surface area contributed by atoms with Gasteiger partial charge < -0.3 is 15.8 Å². The molecule has 170 valence electrons. The van der Waals surface area contributed by atoms with E-state index < -0.39 is 33.9 Å². The fourth-order valence-corrected chi connectivity index (χ4v) is 4.60. The zero-order valence-corrected chi connectivity index (χ0v) is 17.9. The number of benzene rings is 2. The third kappa shape index (κ3) is 6.71. The molecule has 0 spiro atoms. The summed E-state index contributed by atoms with van der Waals surface area (Å²) in [6.45, 7) is 3.49. The molecule has 0 radical (unpaired) electrons. The molecule has 4 N–H and O–H groups in total. The molecule has 0 bridgehead atoms. The van der Waals surface area contributed by atoms with Crippen LogP contribution in [0.25, 0.3) is 0 Å². The van der Waals surface area contributed by atoms with Gasteiger partial charge in [-0.25, -0.2) is 13.1 Å². The number of anilines is 1. The maximum absolute atomic E-state index is 13.0. The second-order valence-corrected chi connectivity index (χ2v) is 9.17. The van der Waals surface area contributed by atoms with E-state index >= 15 is 0 Å². The summed E-state index contributed by atoms with van der Waals surface area (Å²) in [4.78, 5) is 1.85. The van der Waals surface area contributed by atoms with Crippen LogP contribution < -0.4 is 20.5 Å². The lowest BCUT2D eigenvalue weighted by Crippen LogP contribution is -2.47. The number of nitrogen functional groups attached to an aromatic ring is 1. The lowest BCUT2D eigenvalue weighted by Gasteiger charge is -2.31. The van der Waals surface area contributed by atoms with Crippen LogP contribution >= 0.6 is 11.6 Å². The molecule has 0 amide bonds. The summed E-state index contributed by atoms with van der Waals surface area (Å²) >= 11 is 5.95. The van der Waals surface area contributed by atoms with Gasteiger partial charge in [0.2, 0.25) is 10.0 Å². The summed E-state index contributed by atoms with van der Waals surface area (Å²) in [7, 11) is -4.09. The Balaban J connectivity index is 1.84. The molecule has 0 saturated carbocycles. The van der Waals surface area contributed by atoms with Crippen molar-refractivity contribution in [3.8, 4) is 5.75 Å². The van der Waals surface area contributed by atoms with Gasteiger partial charge in [0, 0.05) is 37.7 Å². The van der Waals surface area contributed by atoms with E-state index in [2.05, 4.69) is 19.7 Å². The van der Waals surface area contributed by atoms with Gasteiger partial charge >= 0.3 is 6.36 Å². The number of nitrogens with zero attached hydrogens (tertiary/aromatic N) is 1. The molecule has 0 aromatic heterocycles. The normalized spacial score (nSPS) is 16.8. The molecule has 2 aromatic carbocycles. The smallest absolute Gasteiger partial charge is 0.404 e. The quantitative estimate of drug-likeness (QED) is 0.529. The van der Waals surface area contributed by atoms with E-state index in [0.717, 1.165) is 44.4 Å². The highest BCUT2D eigenvalue weighted by atomic mass is 35.5. The molecule has 1 fully saturated rings. The third-order valence-corrected chi connectivity index (χ3v) is 6.46. The number of ether oxygens (including phenoxy) is 1. The lowest BCUT2D eigenvalue weighted by atomic mass is 10.1. The Labute approximate surface area is 183 Å². The fraction of sp³-hybridized carbons (Fsp3) is 0.368. The summed E-state index contributed by atoms with van der Waals surface area (Å²) in [6, 6.07) is 9.02. The van der Waals surface area contributed by atoms with Crippen LogP contribution in [0.2, 0.25) is 5.02 Å². The molecular formula is C19H22ClF3N4O3S. The van der Waals surface area contributed by atoms with Gasteiger partial charge in [0.15, 0.2) is 5.75 Å². The summed E-state index contributed by atoms with van der Waals surface area (Å²) in [5, 5.41) is 3.75. The largest absolute Gasteiger partial charge is 0.573 e. The number of halogens is 4. The Morgan fingerprint density at radius 1 is 1.16 bits per heavy atom. The molecule has 1 aliphatic heterocycles. The zero-order chi connectivity index (χ0) is 22.6. The van der Waals surface area contributed by atoms with Crippen LogP contribution in [-0.2, 0) is 10.0 Å². The highest BCUT2D eigenvalue weighted by Gasteiger charge is 2.32. The number of hydrogen-bond donors (Lipinski definition) is 3. The van der Waals surface area contributed by atoms with Crippen LogP contribution in [0.15, 0.2) is 47.4 Å². The number of piperazine rings is 1. The van der Waals surface area contributed by atoms with Crippen LogP contribution in [0, 0.1) is 0 Å². The van der Waals surface area contributed by atoms with Gasteiger partial charge in [-0.1, -0.05) is 23.7 Å². The summed E-state index contributed by atoms with van der Waals surface area (Å²) in [5.74, 6) is -0.665. The molecule has 1 aliphatic rings. The van der Waals surface area contributed by atoms with Crippen molar-refractivity contribution in [2.45, 2.75) is 17.3 Å². The molecule has 1 atom stereocenters. The van der Waals surface area contributed by atoms with Crippen LogP contribution in [0.5, 0.6) is 5.75 Å². The molecule has 2 aromatic rings. The van der Waals surface area contributed by atoms with Crippen molar-refractivity contribution in [1.82, 2.24) is 14.9 Å². The van der Waals surface area contributed by atoms with Crippen molar-refractivity contribution in [2.24, 2.45) is 0 Å². The maximum Gasteiger partial charge on any atom is 0.573 e. The van der Waals surface area contributed by atoms with Gasteiger partial charge in [0.05, 0.1) is 16.6 Å². The molecule has 12 heteroatoms. The highest BCUT2D eigenvalue weighted by Crippen LogP contribution is 2.30. The zero-order valence-electron chi connectivity index (χ0n) is 16.3. The predicted octanol–water partition coefficient (Wildman–Crippen LogP) is 2.75. The Morgan fingerprint density at radius 2 is 1.81 bits per heavy atom. The van der Waals surface area contributed by atoms with E-state index in [-0.39, 0.29) is 4.90 Å². The summed E-state index contributed by atoms with van der Waals surface area (Å²) in [6.07, 6.45) is -4.93. The summed E-state index contributed by atoms with van der Waals surface area (Å²) in [5.41, 5.74) is 5.85. The topological polar surface area (TPSA) is 96.7 Å². The van der Waals surface area contributed by atoms with E-state index in [4.69, 9.17) is 17.3 Å². The van der Waals surface area contributed by atoms with Gasteiger partial charge in [-0.05, 0) is 35.9 Å². The van der Waals surface area contributed by atoms with Crippen molar-refractivity contribution in [3.63, 3.8) is 0 Å². The van der Waals surface area contributed by atoms with Crippen molar-refractivity contribution in [3.05, 3.63) is 53.1 Å². The average molecular weight is 479 g/mol. The Kier molecular flexibility index (Phi) is 7.32. The molecule has 1 saturated heterocycles. The van der Waals surface area contributed by atoms with Crippen LogP contribution in [-0.4, -0.2) is 52.4 Å². The van der Waals surface area contributed by atoms with Crippen LogP contribution in [0.4, 0.5) is 18.9 Å². The Hall–Kier alpha value is -2.05. The Morgan fingerprint density at radius 3 is 2.39 bits per heavy atom. The maximum atomic E-state index is 13.0. The lowest BCUT2D eigenvalue weighted by molar-refractivity contribution is -0.274. The van der Waals surface area contributed by atoms with Crippen LogP contribution in [0.1, 0.15) is 11.6 Å². The number of sulfonamides is 1. The first-order valence-corrected chi connectivity index (χ1v) is 11.3. The SMILES string of the molecule is Nc1cc(S(=O)(=O)N[C@H](CN2CCNCC2)c2ccc(Cl)cc2)ccc1OC(F)(F)F. The van der Waals surface area contributed by atoms with Crippen molar-refractivity contribution >= 4 is 27.3 Å². The van der Waals surface area contributed by atoms with Gasteiger partial charge in [-0.2, -0.15) is 0 Å². The van der Waals surface area contributed by atoms with Gasteiger partial charge in [0.1, 0.15) is 0 Å². The van der Waals surface area contributed by atoms with E-state index in [1.807, 2.05) is 0 Å². The molecule has 7 nitrogen and oxygen atoms in total. The predicted molar refractivity (Wildman–Crippen MR) is 111 cm³/mol. The first kappa shape index (κ1) is 23.6. The summed E-state index contributed by atoms with van der Waals surface area (Å²) < 4.78 is 69.7. The van der Waals surface area contributed by atoms with Crippen LogP contribution in [0.3, 0.4) is 0 Å². The second-order valence-electron chi connectivity index (χ2n) is 7.02. The third-order valence-electron chi connectivity index (χ3n) is 4.74. The minimum absolute atomic E-state index is 0.265. The molecule has 1 heterocycles. The molecule has 0 unspecified atom stereocenters.